The first-order valence-electron chi connectivity index (χ1n) is 5.11. The van der Waals surface area contributed by atoms with Crippen molar-refractivity contribution in [2.45, 2.75) is 16.7 Å². The van der Waals surface area contributed by atoms with E-state index in [4.69, 9.17) is 0 Å². The second-order valence-electron chi connectivity index (χ2n) is 4.14. The van der Waals surface area contributed by atoms with Gasteiger partial charge in [-0.05, 0) is 24.4 Å². The van der Waals surface area contributed by atoms with E-state index in [1.165, 1.54) is 6.07 Å². The Morgan fingerprint density at radius 1 is 0.947 bits per heavy atom. The number of hydrogen-bond acceptors (Lipinski definition) is 5. The highest BCUT2D eigenvalue weighted by atomic mass is 32.3. The molecule has 0 aliphatic rings. The molecule has 2 rings (SSSR count). The molecule has 0 saturated carbocycles. The van der Waals surface area contributed by atoms with Gasteiger partial charge in [-0.1, -0.05) is 23.8 Å². The molecule has 6 nitrogen and oxygen atoms in total. The summed E-state index contributed by atoms with van der Waals surface area (Å²) < 4.78 is 59.6. The molecule has 104 valence electrons. The van der Waals surface area contributed by atoms with Crippen molar-refractivity contribution in [1.82, 2.24) is 0 Å². The molecule has 0 amide bonds. The second kappa shape index (κ2) is 4.44. The van der Waals surface area contributed by atoms with E-state index in [1.807, 2.05) is 0 Å². The molecule has 0 saturated heterocycles. The normalized spacial score (nSPS) is 13.7. The molecule has 0 aliphatic heterocycles. The molecular weight excluding hydrogens is 292 g/mol. The molecule has 0 bridgehead atoms. The molecule has 0 aromatic heterocycles. The van der Waals surface area contributed by atoms with Crippen LogP contribution in [-0.4, -0.2) is 26.6 Å². The van der Waals surface area contributed by atoms with Gasteiger partial charge >= 0.3 is 0 Å². The summed E-state index contributed by atoms with van der Waals surface area (Å²) in [5.41, 5.74) is 0.778. The van der Waals surface area contributed by atoms with Gasteiger partial charge in [-0.3, -0.25) is 4.55 Å². The van der Waals surface area contributed by atoms with Crippen LogP contribution in [0.5, 0.6) is 0 Å². The van der Waals surface area contributed by atoms with Crippen LogP contribution in [0, 0.1) is 6.92 Å². The lowest BCUT2D eigenvalue weighted by Crippen LogP contribution is -2.03. The van der Waals surface area contributed by atoms with Gasteiger partial charge in [-0.25, -0.2) is 0 Å². The van der Waals surface area contributed by atoms with Gasteiger partial charge < -0.3 is 13.7 Å². The van der Waals surface area contributed by atoms with Gasteiger partial charge in [0.05, 0.1) is 4.90 Å². The molecule has 2 aromatic carbocycles. The van der Waals surface area contributed by atoms with Crippen LogP contribution in [-0.2, 0) is 10.1 Å². The molecule has 4 N–H and O–H groups in total. The van der Waals surface area contributed by atoms with Crippen molar-refractivity contribution in [3.63, 3.8) is 0 Å². The summed E-state index contributed by atoms with van der Waals surface area (Å²) in [4.78, 5) is -0.839. The lowest BCUT2D eigenvalue weighted by molar-refractivity contribution is 0.376. The Morgan fingerprint density at radius 2 is 1.58 bits per heavy atom. The van der Waals surface area contributed by atoms with Crippen LogP contribution in [0.2, 0.25) is 0 Å². The quantitative estimate of drug-likeness (QED) is 0.634. The third-order valence-electron chi connectivity index (χ3n) is 2.64. The molecule has 0 heterocycles. The number of aryl methyl sites for hydroxylation is 1. The van der Waals surface area contributed by atoms with Crippen molar-refractivity contribution in [2.24, 2.45) is 0 Å². The summed E-state index contributed by atoms with van der Waals surface area (Å²) in [5.74, 6) is 0. The third-order valence-corrected chi connectivity index (χ3v) is 4.40. The highest BCUT2D eigenvalue weighted by Crippen LogP contribution is 2.45. The Balaban J connectivity index is 2.93. The molecule has 19 heavy (non-hydrogen) atoms. The van der Waals surface area contributed by atoms with E-state index in [0.29, 0.717) is 5.39 Å². The molecule has 0 radical (unpaired) electrons. The maximum Gasteiger partial charge on any atom is 0.295 e. The first kappa shape index (κ1) is 14.3. The lowest BCUT2D eigenvalue weighted by Gasteiger charge is -2.20. The molecule has 2 aromatic rings. The van der Waals surface area contributed by atoms with Gasteiger partial charge in [-0.15, -0.1) is 0 Å². The van der Waals surface area contributed by atoms with E-state index < -0.39 is 25.9 Å². The van der Waals surface area contributed by atoms with Crippen molar-refractivity contribution < 1.29 is 26.6 Å². The molecule has 8 heteroatoms. The number of hydrogen-bond donors (Lipinski definition) is 4. The predicted molar refractivity (Wildman–Crippen MR) is 72.2 cm³/mol. The van der Waals surface area contributed by atoms with Gasteiger partial charge in [-0.2, -0.15) is 8.42 Å². The fraction of sp³-hybridized carbons (Fsp3) is 0.0909. The minimum absolute atomic E-state index is 0.245. The van der Waals surface area contributed by atoms with E-state index in [-0.39, 0.29) is 10.3 Å². The SMILES string of the molecule is Cc1ccc2cc(S(O)(O)O)cc(S(=O)(=O)O)c2c1. The van der Waals surface area contributed by atoms with E-state index in [0.717, 1.165) is 11.6 Å². The predicted octanol–water partition coefficient (Wildman–Crippen LogP) is 2.98. The van der Waals surface area contributed by atoms with Crippen LogP contribution in [0.15, 0.2) is 40.1 Å². The van der Waals surface area contributed by atoms with Crippen molar-refractivity contribution in [1.29, 1.82) is 0 Å². The van der Waals surface area contributed by atoms with E-state index >= 15 is 0 Å². The zero-order valence-electron chi connectivity index (χ0n) is 9.81. The summed E-state index contributed by atoms with van der Waals surface area (Å²) >= 11 is 0. The van der Waals surface area contributed by atoms with Gasteiger partial charge in [0.15, 0.2) is 0 Å². The molecular formula is C11H12O6S2. The fourth-order valence-electron chi connectivity index (χ4n) is 1.78. The van der Waals surface area contributed by atoms with Crippen LogP contribution in [0.3, 0.4) is 0 Å². The van der Waals surface area contributed by atoms with E-state index in [2.05, 4.69) is 0 Å². The van der Waals surface area contributed by atoms with Gasteiger partial charge in [0.25, 0.3) is 10.1 Å². The minimum atomic E-state index is -4.55. The molecule has 0 spiro atoms. The highest BCUT2D eigenvalue weighted by molar-refractivity contribution is 8.19. The summed E-state index contributed by atoms with van der Waals surface area (Å²) in [5, 5.41) is 0.611. The monoisotopic (exact) mass is 304 g/mol. The Bertz CT molecular complexity index is 746. The van der Waals surface area contributed by atoms with Crippen LogP contribution in [0.4, 0.5) is 0 Å². The average Bonchev–Trinajstić information content (AvgIpc) is 2.24. The van der Waals surface area contributed by atoms with Crippen LogP contribution in [0.25, 0.3) is 10.8 Å². The summed E-state index contributed by atoms with van der Waals surface area (Å²) in [6, 6.07) is 6.92. The standard InChI is InChI=1S/C11H12O6S2/c1-7-2-3-8-5-9(18(12,13)14)6-11(10(8)4-7)19(15,16)17/h2-6,12-14H,1H3,(H,15,16,17). The second-order valence-corrected chi connectivity index (χ2v) is 7.04. The Morgan fingerprint density at radius 3 is 2.11 bits per heavy atom. The van der Waals surface area contributed by atoms with Crippen LogP contribution in [0.1, 0.15) is 5.56 Å². The van der Waals surface area contributed by atoms with Crippen LogP contribution >= 0.6 is 10.9 Å². The van der Waals surface area contributed by atoms with Crippen LogP contribution < -0.4 is 0 Å². The van der Waals surface area contributed by atoms with E-state index in [9.17, 15) is 26.6 Å². The van der Waals surface area contributed by atoms with Gasteiger partial charge in [0.1, 0.15) is 15.8 Å². The first-order chi connectivity index (χ1) is 8.59. The molecule has 0 unspecified atom stereocenters. The topological polar surface area (TPSA) is 115 Å². The minimum Gasteiger partial charge on any atom is -0.304 e. The first-order valence-corrected chi connectivity index (χ1v) is 8.06. The largest absolute Gasteiger partial charge is 0.304 e. The van der Waals surface area contributed by atoms with Gasteiger partial charge in [0, 0.05) is 5.39 Å². The highest BCUT2D eigenvalue weighted by Gasteiger charge is 2.22. The Labute approximate surface area is 111 Å². The van der Waals surface area contributed by atoms with E-state index in [1.54, 1.807) is 25.1 Å². The average molecular weight is 304 g/mol. The van der Waals surface area contributed by atoms with Crippen molar-refractivity contribution in [3.05, 3.63) is 35.9 Å². The molecule has 0 aliphatic carbocycles. The Hall–Kier alpha value is -1.16. The Kier molecular flexibility index (Phi) is 3.33. The zero-order valence-corrected chi connectivity index (χ0v) is 11.4. The lowest BCUT2D eigenvalue weighted by atomic mass is 10.1. The van der Waals surface area contributed by atoms with Crippen molar-refractivity contribution in [3.8, 4) is 0 Å². The van der Waals surface area contributed by atoms with Gasteiger partial charge in [0.2, 0.25) is 0 Å². The maximum absolute atomic E-state index is 11.4. The smallest absolute Gasteiger partial charge is 0.295 e. The number of benzene rings is 2. The van der Waals surface area contributed by atoms with Crippen molar-refractivity contribution >= 4 is 31.8 Å². The molecule has 0 fully saturated rings. The third kappa shape index (κ3) is 2.89. The summed E-state index contributed by atoms with van der Waals surface area (Å²) in [6.07, 6.45) is 0. The number of fused-ring (bicyclic) bond motifs is 1. The number of rotatable bonds is 2. The fourth-order valence-corrected chi connectivity index (χ4v) is 3.15. The summed E-state index contributed by atoms with van der Waals surface area (Å²) in [7, 11) is -8.61. The molecule has 0 atom stereocenters. The summed E-state index contributed by atoms with van der Waals surface area (Å²) in [6.45, 7) is 1.75. The van der Waals surface area contributed by atoms with Crippen molar-refractivity contribution in [2.75, 3.05) is 0 Å². The maximum atomic E-state index is 11.4. The zero-order chi connectivity index (χ0) is 14.4.